The van der Waals surface area contributed by atoms with Crippen molar-refractivity contribution in [2.24, 2.45) is 0 Å². The SMILES string of the molecule is COc1cc(CN2CCN(c3ccc(NC(=O)c4ccccc4C(F)(F)F)cn3)CC2)cc(OC)c1. The van der Waals surface area contributed by atoms with Crippen molar-refractivity contribution in [1.82, 2.24) is 9.88 Å². The highest BCUT2D eigenvalue weighted by atomic mass is 19.4. The number of nitrogens with zero attached hydrogens (tertiary/aromatic N) is 3. The van der Waals surface area contributed by atoms with Crippen molar-refractivity contribution in [3.63, 3.8) is 0 Å². The summed E-state index contributed by atoms with van der Waals surface area (Å²) in [4.78, 5) is 21.3. The lowest BCUT2D eigenvalue weighted by atomic mass is 10.1. The average molecular weight is 501 g/mol. The number of hydrogen-bond acceptors (Lipinski definition) is 6. The first-order chi connectivity index (χ1) is 17.3. The number of halogens is 3. The molecule has 1 saturated heterocycles. The smallest absolute Gasteiger partial charge is 0.417 e. The third-order valence-electron chi connectivity index (χ3n) is 6.00. The van der Waals surface area contributed by atoms with Crippen molar-refractivity contribution >= 4 is 17.4 Å². The van der Waals surface area contributed by atoms with Crippen molar-refractivity contribution in [3.05, 3.63) is 77.5 Å². The zero-order valence-corrected chi connectivity index (χ0v) is 20.0. The summed E-state index contributed by atoms with van der Waals surface area (Å²) in [5, 5.41) is 2.51. The molecule has 7 nitrogen and oxygen atoms in total. The number of piperazine rings is 1. The van der Waals surface area contributed by atoms with E-state index in [-0.39, 0.29) is 0 Å². The maximum atomic E-state index is 13.2. The number of nitrogens with one attached hydrogen (secondary N) is 1. The van der Waals surface area contributed by atoms with E-state index >= 15 is 0 Å². The molecule has 0 radical (unpaired) electrons. The summed E-state index contributed by atoms with van der Waals surface area (Å²) >= 11 is 0. The van der Waals surface area contributed by atoms with E-state index in [4.69, 9.17) is 9.47 Å². The molecule has 0 saturated carbocycles. The van der Waals surface area contributed by atoms with Gasteiger partial charge in [0.05, 0.1) is 37.2 Å². The van der Waals surface area contributed by atoms with Gasteiger partial charge in [0.25, 0.3) is 5.91 Å². The first-order valence-corrected chi connectivity index (χ1v) is 11.4. The van der Waals surface area contributed by atoms with Crippen LogP contribution in [0.25, 0.3) is 0 Å². The van der Waals surface area contributed by atoms with Gasteiger partial charge in [-0.1, -0.05) is 12.1 Å². The van der Waals surface area contributed by atoms with E-state index in [9.17, 15) is 18.0 Å². The monoisotopic (exact) mass is 500 g/mol. The summed E-state index contributed by atoms with van der Waals surface area (Å²) in [5.41, 5.74) is 0.0208. The lowest BCUT2D eigenvalue weighted by molar-refractivity contribution is -0.137. The molecule has 190 valence electrons. The van der Waals surface area contributed by atoms with Crippen LogP contribution in [0.5, 0.6) is 11.5 Å². The molecule has 36 heavy (non-hydrogen) atoms. The second-order valence-electron chi connectivity index (χ2n) is 8.39. The molecule has 4 rings (SSSR count). The number of anilines is 2. The largest absolute Gasteiger partial charge is 0.497 e. The van der Waals surface area contributed by atoms with Crippen molar-refractivity contribution in [2.45, 2.75) is 12.7 Å². The highest BCUT2D eigenvalue weighted by Crippen LogP contribution is 2.32. The lowest BCUT2D eigenvalue weighted by Gasteiger charge is -2.35. The molecule has 0 unspecified atom stereocenters. The van der Waals surface area contributed by atoms with Gasteiger partial charge in [-0.2, -0.15) is 13.2 Å². The molecule has 0 aliphatic carbocycles. The van der Waals surface area contributed by atoms with Gasteiger partial charge in [0.2, 0.25) is 0 Å². The number of pyridine rings is 1. The van der Waals surface area contributed by atoms with Crippen LogP contribution in [0.15, 0.2) is 60.8 Å². The van der Waals surface area contributed by atoms with Crippen molar-refractivity contribution in [2.75, 3.05) is 50.6 Å². The van der Waals surface area contributed by atoms with Crippen LogP contribution in [0.3, 0.4) is 0 Å². The van der Waals surface area contributed by atoms with E-state index in [1.54, 1.807) is 26.4 Å². The first-order valence-electron chi connectivity index (χ1n) is 11.4. The van der Waals surface area contributed by atoms with Gasteiger partial charge in [-0.05, 0) is 42.0 Å². The molecule has 1 aliphatic rings. The summed E-state index contributed by atoms with van der Waals surface area (Å²) in [5.74, 6) is 1.41. The number of carbonyl (C=O) groups is 1. The fourth-order valence-corrected chi connectivity index (χ4v) is 4.12. The van der Waals surface area contributed by atoms with Crippen LogP contribution >= 0.6 is 0 Å². The number of amides is 1. The summed E-state index contributed by atoms with van der Waals surface area (Å²) in [6.45, 7) is 3.94. The first kappa shape index (κ1) is 25.3. The van der Waals surface area contributed by atoms with Crippen LogP contribution in [0.4, 0.5) is 24.7 Å². The maximum Gasteiger partial charge on any atom is 0.417 e. The van der Waals surface area contributed by atoms with Crippen LogP contribution in [0.1, 0.15) is 21.5 Å². The molecule has 3 aromatic rings. The molecular weight excluding hydrogens is 473 g/mol. The van der Waals surface area contributed by atoms with Gasteiger partial charge in [-0.15, -0.1) is 0 Å². The Morgan fingerprint density at radius 1 is 0.972 bits per heavy atom. The molecule has 1 fully saturated rings. The number of ether oxygens (including phenoxy) is 2. The third kappa shape index (κ3) is 6.06. The minimum absolute atomic E-state index is 0.325. The number of methoxy groups -OCH3 is 2. The quantitative estimate of drug-likeness (QED) is 0.508. The minimum atomic E-state index is -4.61. The number of aromatic nitrogens is 1. The van der Waals surface area contributed by atoms with E-state index in [1.807, 2.05) is 18.2 Å². The molecule has 0 spiro atoms. The highest BCUT2D eigenvalue weighted by Gasteiger charge is 2.34. The summed E-state index contributed by atoms with van der Waals surface area (Å²) in [6, 6.07) is 13.9. The molecular formula is C26H27F3N4O3. The number of alkyl halides is 3. The maximum absolute atomic E-state index is 13.2. The predicted octanol–water partition coefficient (Wildman–Crippen LogP) is 4.69. The number of carbonyl (C=O) groups excluding carboxylic acids is 1. The van der Waals surface area contributed by atoms with Gasteiger partial charge in [-0.3, -0.25) is 9.69 Å². The van der Waals surface area contributed by atoms with Gasteiger partial charge >= 0.3 is 6.18 Å². The fourth-order valence-electron chi connectivity index (χ4n) is 4.12. The Bertz CT molecular complexity index is 1170. The molecule has 1 N–H and O–H groups in total. The zero-order chi connectivity index (χ0) is 25.7. The van der Waals surface area contributed by atoms with Gasteiger partial charge in [-0.25, -0.2) is 4.98 Å². The molecule has 1 aromatic heterocycles. The van der Waals surface area contributed by atoms with Crippen molar-refractivity contribution < 1.29 is 27.4 Å². The van der Waals surface area contributed by atoms with Crippen molar-refractivity contribution in [1.29, 1.82) is 0 Å². The second kappa shape index (κ2) is 10.9. The molecule has 2 heterocycles. The summed E-state index contributed by atoms with van der Waals surface area (Å²) in [7, 11) is 3.25. The van der Waals surface area contributed by atoms with Crippen LogP contribution in [0.2, 0.25) is 0 Å². The second-order valence-corrected chi connectivity index (χ2v) is 8.39. The van der Waals surface area contributed by atoms with Crippen LogP contribution in [-0.4, -0.2) is 56.2 Å². The fraction of sp³-hybridized carbons (Fsp3) is 0.308. The number of hydrogen-bond donors (Lipinski definition) is 1. The lowest BCUT2D eigenvalue weighted by Crippen LogP contribution is -2.46. The molecule has 1 aliphatic heterocycles. The minimum Gasteiger partial charge on any atom is -0.497 e. The third-order valence-corrected chi connectivity index (χ3v) is 6.00. The standard InChI is InChI=1S/C26H27F3N4O3/c1-35-20-13-18(14-21(15-20)36-2)17-32-9-11-33(12-10-32)24-8-7-19(16-30-24)31-25(34)22-5-3-4-6-23(22)26(27,28)29/h3-8,13-16H,9-12,17H2,1-2H3,(H,31,34). The molecule has 0 bridgehead atoms. The van der Waals surface area contributed by atoms with Crippen LogP contribution in [0, 0.1) is 0 Å². The Hall–Kier alpha value is -3.79. The summed E-state index contributed by atoms with van der Waals surface area (Å²) in [6.07, 6.45) is -3.16. The van der Waals surface area contributed by atoms with Gasteiger partial charge in [0, 0.05) is 38.8 Å². The molecule has 2 aromatic carbocycles. The Balaban J connectivity index is 1.34. The molecule has 10 heteroatoms. The van der Waals surface area contributed by atoms with E-state index in [0.717, 1.165) is 67.7 Å². The molecule has 0 atom stereocenters. The van der Waals surface area contributed by atoms with E-state index in [2.05, 4.69) is 20.1 Å². The predicted molar refractivity (Wildman–Crippen MR) is 131 cm³/mol. The van der Waals surface area contributed by atoms with Crippen LogP contribution < -0.4 is 19.7 Å². The van der Waals surface area contributed by atoms with Crippen LogP contribution in [-0.2, 0) is 12.7 Å². The number of benzene rings is 2. The van der Waals surface area contributed by atoms with E-state index < -0.39 is 23.2 Å². The average Bonchev–Trinajstić information content (AvgIpc) is 2.89. The number of rotatable bonds is 7. The van der Waals surface area contributed by atoms with Gasteiger partial charge < -0.3 is 19.7 Å². The topological polar surface area (TPSA) is 66.9 Å². The Kier molecular flexibility index (Phi) is 7.64. The van der Waals surface area contributed by atoms with Gasteiger partial charge in [0.15, 0.2) is 0 Å². The normalized spacial score (nSPS) is 14.4. The summed E-state index contributed by atoms with van der Waals surface area (Å²) < 4.78 is 50.3. The van der Waals surface area contributed by atoms with E-state index in [0.29, 0.717) is 5.69 Å². The van der Waals surface area contributed by atoms with Crippen molar-refractivity contribution in [3.8, 4) is 11.5 Å². The highest BCUT2D eigenvalue weighted by molar-refractivity contribution is 6.05. The van der Waals surface area contributed by atoms with E-state index in [1.165, 1.54) is 18.3 Å². The van der Waals surface area contributed by atoms with Gasteiger partial charge in [0.1, 0.15) is 17.3 Å². The molecule has 1 amide bonds. The Labute approximate surface area is 207 Å². The zero-order valence-electron chi connectivity index (χ0n) is 20.0. The Morgan fingerprint density at radius 3 is 2.22 bits per heavy atom. The Morgan fingerprint density at radius 2 is 1.64 bits per heavy atom.